The number of fused-ring (bicyclic) bond motifs is 1. The fourth-order valence-electron chi connectivity index (χ4n) is 2.99. The standard InChI is InChI=1S/C15H22/c1-10(2)13-7-5-11(3)14-8-6-12(4)15(14)9-13/h9,11,14H,1,5-8H2,2-4H3/t11?,14-/m0/s1. The van der Waals surface area contributed by atoms with Gasteiger partial charge in [-0.25, -0.2) is 0 Å². The van der Waals surface area contributed by atoms with E-state index in [1.807, 2.05) is 0 Å². The first-order valence-electron chi connectivity index (χ1n) is 6.15. The van der Waals surface area contributed by atoms with Crippen LogP contribution in [0.2, 0.25) is 0 Å². The molecule has 0 spiro atoms. The van der Waals surface area contributed by atoms with Gasteiger partial charge in [0.25, 0.3) is 0 Å². The van der Waals surface area contributed by atoms with Crippen molar-refractivity contribution in [1.29, 1.82) is 0 Å². The number of hydrogen-bond donors (Lipinski definition) is 0. The second kappa shape index (κ2) is 4.00. The van der Waals surface area contributed by atoms with E-state index in [-0.39, 0.29) is 0 Å². The second-order valence-corrected chi connectivity index (χ2v) is 5.35. The van der Waals surface area contributed by atoms with Crippen LogP contribution in [0.25, 0.3) is 0 Å². The smallest absolute Gasteiger partial charge is 0.0134 e. The third-order valence-corrected chi connectivity index (χ3v) is 4.16. The van der Waals surface area contributed by atoms with Crippen LogP contribution in [-0.2, 0) is 0 Å². The third-order valence-electron chi connectivity index (χ3n) is 4.16. The average Bonchev–Trinajstić information content (AvgIpc) is 2.43. The zero-order valence-corrected chi connectivity index (χ0v) is 10.3. The van der Waals surface area contributed by atoms with Gasteiger partial charge in [0.2, 0.25) is 0 Å². The van der Waals surface area contributed by atoms with Crippen LogP contribution < -0.4 is 0 Å². The molecule has 0 saturated heterocycles. The molecule has 0 aromatic carbocycles. The van der Waals surface area contributed by atoms with E-state index in [4.69, 9.17) is 0 Å². The molecule has 0 N–H and O–H groups in total. The molecule has 0 saturated carbocycles. The van der Waals surface area contributed by atoms with Crippen LogP contribution in [0.3, 0.4) is 0 Å². The van der Waals surface area contributed by atoms with Crippen molar-refractivity contribution in [3.05, 3.63) is 34.9 Å². The minimum Gasteiger partial charge on any atom is -0.0958 e. The van der Waals surface area contributed by atoms with E-state index in [1.54, 1.807) is 11.1 Å². The van der Waals surface area contributed by atoms with E-state index in [1.165, 1.54) is 36.8 Å². The Morgan fingerprint density at radius 1 is 1.33 bits per heavy atom. The Labute approximate surface area is 93.8 Å². The van der Waals surface area contributed by atoms with Gasteiger partial charge in [-0.3, -0.25) is 0 Å². The van der Waals surface area contributed by atoms with Crippen LogP contribution in [0, 0.1) is 11.8 Å². The SMILES string of the molecule is C=C(C)C1=CC2=C(C)CC[C@H]2C(C)CC1. The highest BCUT2D eigenvalue weighted by atomic mass is 14.3. The first-order valence-corrected chi connectivity index (χ1v) is 6.15. The summed E-state index contributed by atoms with van der Waals surface area (Å²) in [5, 5.41) is 0. The summed E-state index contributed by atoms with van der Waals surface area (Å²) in [6.45, 7) is 11.0. The highest BCUT2D eigenvalue weighted by molar-refractivity contribution is 5.41. The molecule has 0 heteroatoms. The lowest BCUT2D eigenvalue weighted by Crippen LogP contribution is -2.08. The van der Waals surface area contributed by atoms with Gasteiger partial charge >= 0.3 is 0 Å². The van der Waals surface area contributed by atoms with E-state index in [0.29, 0.717) is 0 Å². The van der Waals surface area contributed by atoms with E-state index in [2.05, 4.69) is 33.4 Å². The zero-order valence-electron chi connectivity index (χ0n) is 10.3. The van der Waals surface area contributed by atoms with Gasteiger partial charge in [0, 0.05) is 0 Å². The lowest BCUT2D eigenvalue weighted by Gasteiger charge is -2.18. The van der Waals surface area contributed by atoms with Crippen molar-refractivity contribution in [2.75, 3.05) is 0 Å². The third kappa shape index (κ3) is 1.95. The predicted octanol–water partition coefficient (Wildman–Crippen LogP) is 4.65. The first kappa shape index (κ1) is 10.7. The van der Waals surface area contributed by atoms with Crippen molar-refractivity contribution in [2.24, 2.45) is 11.8 Å². The first-order chi connectivity index (χ1) is 7.09. The number of allylic oxidation sites excluding steroid dienone is 5. The topological polar surface area (TPSA) is 0 Å². The Morgan fingerprint density at radius 2 is 2.07 bits per heavy atom. The molecule has 1 unspecified atom stereocenters. The van der Waals surface area contributed by atoms with Gasteiger partial charge in [-0.05, 0) is 62.5 Å². The van der Waals surface area contributed by atoms with Crippen LogP contribution in [0.1, 0.15) is 46.5 Å². The maximum Gasteiger partial charge on any atom is -0.0134 e. The number of hydrogen-bond acceptors (Lipinski definition) is 0. The molecule has 2 aliphatic carbocycles. The highest BCUT2D eigenvalue weighted by Crippen LogP contribution is 2.43. The summed E-state index contributed by atoms with van der Waals surface area (Å²) in [6.07, 6.45) is 7.69. The monoisotopic (exact) mass is 202 g/mol. The van der Waals surface area contributed by atoms with Crippen molar-refractivity contribution >= 4 is 0 Å². The van der Waals surface area contributed by atoms with E-state index >= 15 is 0 Å². The molecule has 0 aromatic heterocycles. The van der Waals surface area contributed by atoms with Crippen molar-refractivity contribution in [2.45, 2.75) is 46.5 Å². The summed E-state index contributed by atoms with van der Waals surface area (Å²) >= 11 is 0. The largest absolute Gasteiger partial charge is 0.0958 e. The van der Waals surface area contributed by atoms with Crippen LogP contribution in [0.15, 0.2) is 34.9 Å². The van der Waals surface area contributed by atoms with Gasteiger partial charge in [0.15, 0.2) is 0 Å². The maximum absolute atomic E-state index is 4.09. The molecule has 0 bridgehead atoms. The summed E-state index contributed by atoms with van der Waals surface area (Å²) in [4.78, 5) is 0. The van der Waals surface area contributed by atoms with E-state index in [0.717, 1.165) is 11.8 Å². The van der Waals surface area contributed by atoms with Gasteiger partial charge in [0.1, 0.15) is 0 Å². The van der Waals surface area contributed by atoms with E-state index in [9.17, 15) is 0 Å². The molecular formula is C15H22. The Bertz CT molecular complexity index is 341. The quantitative estimate of drug-likeness (QED) is 0.581. The Balaban J connectivity index is 2.38. The van der Waals surface area contributed by atoms with Crippen molar-refractivity contribution in [3.8, 4) is 0 Å². The van der Waals surface area contributed by atoms with E-state index < -0.39 is 0 Å². The Kier molecular flexibility index (Phi) is 2.86. The van der Waals surface area contributed by atoms with Gasteiger partial charge in [-0.2, -0.15) is 0 Å². The molecule has 15 heavy (non-hydrogen) atoms. The summed E-state index contributed by atoms with van der Waals surface area (Å²) < 4.78 is 0. The van der Waals surface area contributed by atoms with Gasteiger partial charge in [-0.1, -0.05) is 30.7 Å². The molecule has 82 valence electrons. The van der Waals surface area contributed by atoms with Gasteiger partial charge in [-0.15, -0.1) is 0 Å². The Hall–Kier alpha value is -0.780. The molecule has 0 aliphatic heterocycles. The normalized spacial score (nSPS) is 31.0. The molecule has 2 aliphatic rings. The van der Waals surface area contributed by atoms with Crippen molar-refractivity contribution < 1.29 is 0 Å². The summed E-state index contributed by atoms with van der Waals surface area (Å²) in [5.41, 5.74) is 6.00. The minimum atomic E-state index is 0.835. The molecule has 0 radical (unpaired) electrons. The second-order valence-electron chi connectivity index (χ2n) is 5.35. The van der Waals surface area contributed by atoms with Crippen LogP contribution in [-0.4, -0.2) is 0 Å². The van der Waals surface area contributed by atoms with Crippen molar-refractivity contribution in [3.63, 3.8) is 0 Å². The fraction of sp³-hybridized carbons (Fsp3) is 0.600. The minimum absolute atomic E-state index is 0.835. The summed E-state index contributed by atoms with van der Waals surface area (Å²) in [5.74, 6) is 1.69. The van der Waals surface area contributed by atoms with Gasteiger partial charge in [0.05, 0.1) is 0 Å². The zero-order chi connectivity index (χ0) is 11.0. The molecule has 2 rings (SSSR count). The maximum atomic E-state index is 4.09. The fourth-order valence-corrected chi connectivity index (χ4v) is 2.99. The van der Waals surface area contributed by atoms with Crippen LogP contribution >= 0.6 is 0 Å². The summed E-state index contributed by atoms with van der Waals surface area (Å²) in [6, 6.07) is 0. The predicted molar refractivity (Wildman–Crippen MR) is 66.7 cm³/mol. The molecular weight excluding hydrogens is 180 g/mol. The lowest BCUT2D eigenvalue weighted by atomic mass is 9.87. The van der Waals surface area contributed by atoms with Crippen LogP contribution in [0.5, 0.6) is 0 Å². The van der Waals surface area contributed by atoms with Crippen LogP contribution in [0.4, 0.5) is 0 Å². The molecule has 0 fully saturated rings. The van der Waals surface area contributed by atoms with Crippen molar-refractivity contribution in [1.82, 2.24) is 0 Å². The summed E-state index contributed by atoms with van der Waals surface area (Å²) in [7, 11) is 0. The molecule has 0 nitrogen and oxygen atoms in total. The highest BCUT2D eigenvalue weighted by Gasteiger charge is 2.29. The lowest BCUT2D eigenvalue weighted by molar-refractivity contribution is 0.393. The number of rotatable bonds is 1. The average molecular weight is 202 g/mol. The van der Waals surface area contributed by atoms with Gasteiger partial charge < -0.3 is 0 Å². The molecule has 0 heterocycles. The Morgan fingerprint density at radius 3 is 2.73 bits per heavy atom. The molecule has 2 atom stereocenters. The molecule has 0 amide bonds. The molecule has 0 aromatic rings.